The van der Waals surface area contributed by atoms with E-state index in [0.29, 0.717) is 0 Å². The predicted molar refractivity (Wildman–Crippen MR) is 89.0 cm³/mol. The molecule has 1 aromatic carbocycles. The Morgan fingerprint density at radius 2 is 2.00 bits per heavy atom. The number of nitrogens with zero attached hydrogens (tertiary/aromatic N) is 2. The largest absolute Gasteiger partial charge is 0.329 e. The van der Waals surface area contributed by atoms with Gasteiger partial charge in [0.1, 0.15) is 0 Å². The van der Waals surface area contributed by atoms with Crippen LogP contribution in [0.3, 0.4) is 0 Å². The average Bonchev–Trinajstić information content (AvgIpc) is 2.85. The third-order valence-electron chi connectivity index (χ3n) is 4.67. The van der Waals surface area contributed by atoms with Crippen LogP contribution in [0.25, 0.3) is 21.9 Å². The molecule has 0 radical (unpaired) electrons. The fourth-order valence-corrected chi connectivity index (χ4v) is 3.87. The first-order valence-electron chi connectivity index (χ1n) is 7.79. The van der Waals surface area contributed by atoms with E-state index in [0.717, 1.165) is 28.3 Å². The molecule has 0 bridgehead atoms. The molecule has 21 heavy (non-hydrogen) atoms. The van der Waals surface area contributed by atoms with Crippen LogP contribution in [-0.4, -0.2) is 14.5 Å². The van der Waals surface area contributed by atoms with Gasteiger partial charge in [0.15, 0.2) is 4.77 Å². The van der Waals surface area contributed by atoms with Gasteiger partial charge in [-0.3, -0.25) is 4.98 Å². The number of pyridine rings is 1. The lowest BCUT2D eigenvalue weighted by Gasteiger charge is -2.22. The van der Waals surface area contributed by atoms with Crippen LogP contribution < -0.4 is 0 Å². The summed E-state index contributed by atoms with van der Waals surface area (Å²) in [6.45, 7) is 1.03. The maximum absolute atomic E-state index is 5.56. The molecular weight excluding hydrogens is 278 g/mol. The number of rotatable bonds is 2. The van der Waals surface area contributed by atoms with Gasteiger partial charge in [0.2, 0.25) is 0 Å². The van der Waals surface area contributed by atoms with E-state index in [4.69, 9.17) is 12.2 Å². The monoisotopic (exact) mass is 297 g/mol. The fraction of sp³-hybridized carbons (Fsp3) is 0.412. The number of nitrogens with one attached hydrogen (secondary N) is 1. The second-order valence-corrected chi connectivity index (χ2v) is 6.47. The van der Waals surface area contributed by atoms with Crippen LogP contribution in [0.5, 0.6) is 0 Å². The molecule has 0 spiro atoms. The average molecular weight is 297 g/mol. The fourth-order valence-electron chi connectivity index (χ4n) is 3.60. The number of fused-ring (bicyclic) bond motifs is 3. The molecule has 3 aromatic rings. The zero-order valence-corrected chi connectivity index (χ0v) is 12.8. The lowest BCUT2D eigenvalue weighted by Crippen LogP contribution is -2.14. The predicted octanol–water partition coefficient (Wildman–Crippen LogP) is 4.83. The number of aromatic nitrogens is 3. The molecule has 4 rings (SSSR count). The van der Waals surface area contributed by atoms with Gasteiger partial charge in [-0.1, -0.05) is 37.5 Å². The molecule has 0 saturated heterocycles. The highest BCUT2D eigenvalue weighted by Gasteiger charge is 2.17. The van der Waals surface area contributed by atoms with Crippen molar-refractivity contribution >= 4 is 34.2 Å². The molecule has 108 valence electrons. The van der Waals surface area contributed by atoms with E-state index in [9.17, 15) is 0 Å². The van der Waals surface area contributed by atoms with Crippen LogP contribution in [0.2, 0.25) is 0 Å². The number of aromatic amines is 1. The standard InChI is InChI=1S/C17H19N3S/c21-17-19-15-10-18-14-9-5-4-8-13(14)16(15)20(17)11-12-6-2-1-3-7-12/h4-5,8-10,12H,1-3,6-7,11H2,(H,19,21). The first-order valence-corrected chi connectivity index (χ1v) is 8.20. The summed E-state index contributed by atoms with van der Waals surface area (Å²) < 4.78 is 3.12. The smallest absolute Gasteiger partial charge is 0.178 e. The first kappa shape index (κ1) is 13.0. The number of hydrogen-bond acceptors (Lipinski definition) is 2. The van der Waals surface area contributed by atoms with Gasteiger partial charge in [0, 0.05) is 11.9 Å². The SMILES string of the molecule is S=c1[nH]c2cnc3ccccc3c2n1CC1CCCCC1. The molecule has 4 heteroatoms. The number of benzene rings is 1. The molecule has 0 amide bonds. The molecule has 0 atom stereocenters. The number of hydrogen-bond donors (Lipinski definition) is 1. The molecule has 1 fully saturated rings. The summed E-state index contributed by atoms with van der Waals surface area (Å²) in [6, 6.07) is 8.32. The van der Waals surface area contributed by atoms with Crippen molar-refractivity contribution in [2.24, 2.45) is 5.92 Å². The lowest BCUT2D eigenvalue weighted by molar-refractivity contribution is 0.321. The molecule has 2 aromatic heterocycles. The van der Waals surface area contributed by atoms with Gasteiger partial charge in [0.25, 0.3) is 0 Å². The Morgan fingerprint density at radius 1 is 1.19 bits per heavy atom. The molecule has 1 aliphatic rings. The molecular formula is C17H19N3S. The summed E-state index contributed by atoms with van der Waals surface area (Å²) in [5.41, 5.74) is 3.31. The zero-order chi connectivity index (χ0) is 14.2. The van der Waals surface area contributed by atoms with Crippen molar-refractivity contribution in [3.05, 3.63) is 35.2 Å². The van der Waals surface area contributed by atoms with Crippen molar-refractivity contribution in [3.63, 3.8) is 0 Å². The highest BCUT2D eigenvalue weighted by Crippen LogP contribution is 2.29. The molecule has 1 N–H and O–H groups in total. The van der Waals surface area contributed by atoms with Crippen molar-refractivity contribution in [1.82, 2.24) is 14.5 Å². The molecule has 3 nitrogen and oxygen atoms in total. The Labute approximate surface area is 129 Å². The zero-order valence-electron chi connectivity index (χ0n) is 12.0. The second-order valence-electron chi connectivity index (χ2n) is 6.08. The van der Waals surface area contributed by atoms with Gasteiger partial charge in [0.05, 0.1) is 22.7 Å². The van der Waals surface area contributed by atoms with Gasteiger partial charge in [-0.2, -0.15) is 0 Å². The third kappa shape index (κ3) is 2.27. The summed E-state index contributed by atoms with van der Waals surface area (Å²) in [5.74, 6) is 0.761. The minimum Gasteiger partial charge on any atom is -0.329 e. The Kier molecular flexibility index (Phi) is 3.26. The minimum atomic E-state index is 0.761. The van der Waals surface area contributed by atoms with E-state index >= 15 is 0 Å². The van der Waals surface area contributed by atoms with Crippen LogP contribution in [0.15, 0.2) is 30.5 Å². The second kappa shape index (κ2) is 5.26. The van der Waals surface area contributed by atoms with Crippen molar-refractivity contribution in [2.75, 3.05) is 0 Å². The molecule has 0 unspecified atom stereocenters. The van der Waals surface area contributed by atoms with Crippen molar-refractivity contribution < 1.29 is 0 Å². The van der Waals surface area contributed by atoms with Gasteiger partial charge >= 0.3 is 0 Å². The quantitative estimate of drug-likeness (QED) is 0.687. The Morgan fingerprint density at radius 3 is 2.86 bits per heavy atom. The van der Waals surface area contributed by atoms with Crippen molar-refractivity contribution in [1.29, 1.82) is 0 Å². The van der Waals surface area contributed by atoms with Gasteiger partial charge in [-0.15, -0.1) is 0 Å². The van der Waals surface area contributed by atoms with E-state index in [-0.39, 0.29) is 0 Å². The minimum absolute atomic E-state index is 0.761. The van der Waals surface area contributed by atoms with E-state index in [1.54, 1.807) is 0 Å². The highest BCUT2D eigenvalue weighted by molar-refractivity contribution is 7.71. The maximum atomic E-state index is 5.56. The summed E-state index contributed by atoms with van der Waals surface area (Å²) in [5, 5.41) is 1.19. The third-order valence-corrected chi connectivity index (χ3v) is 4.99. The molecule has 2 heterocycles. The highest BCUT2D eigenvalue weighted by atomic mass is 32.1. The van der Waals surface area contributed by atoms with Crippen LogP contribution in [0, 0.1) is 10.7 Å². The number of H-pyrrole nitrogens is 1. The normalized spacial score (nSPS) is 16.8. The first-order chi connectivity index (χ1) is 10.3. The van der Waals surface area contributed by atoms with E-state index in [2.05, 4.69) is 32.7 Å². The van der Waals surface area contributed by atoms with Gasteiger partial charge < -0.3 is 9.55 Å². The van der Waals surface area contributed by atoms with Gasteiger partial charge in [-0.05, 0) is 37.0 Å². The van der Waals surface area contributed by atoms with Crippen LogP contribution in [-0.2, 0) is 6.54 Å². The number of para-hydroxylation sites is 1. The van der Waals surface area contributed by atoms with Crippen LogP contribution in [0.1, 0.15) is 32.1 Å². The molecule has 1 aliphatic carbocycles. The maximum Gasteiger partial charge on any atom is 0.178 e. The Balaban J connectivity index is 1.88. The van der Waals surface area contributed by atoms with Gasteiger partial charge in [-0.25, -0.2) is 0 Å². The van der Waals surface area contributed by atoms with Crippen LogP contribution in [0.4, 0.5) is 0 Å². The van der Waals surface area contributed by atoms with Crippen molar-refractivity contribution in [3.8, 4) is 0 Å². The topological polar surface area (TPSA) is 33.6 Å². The molecule has 1 saturated carbocycles. The van der Waals surface area contributed by atoms with E-state index in [1.165, 1.54) is 43.0 Å². The molecule has 0 aliphatic heterocycles. The summed E-state index contributed by atoms with van der Waals surface area (Å²) in [6.07, 6.45) is 8.69. The number of imidazole rings is 1. The summed E-state index contributed by atoms with van der Waals surface area (Å²) in [7, 11) is 0. The van der Waals surface area contributed by atoms with E-state index < -0.39 is 0 Å². The Hall–Kier alpha value is -1.68. The Bertz CT molecular complexity index is 840. The lowest BCUT2D eigenvalue weighted by atomic mass is 9.89. The van der Waals surface area contributed by atoms with Crippen molar-refractivity contribution in [2.45, 2.75) is 38.6 Å². The summed E-state index contributed by atoms with van der Waals surface area (Å²) >= 11 is 5.56. The van der Waals surface area contributed by atoms with E-state index in [1.807, 2.05) is 12.3 Å². The van der Waals surface area contributed by atoms with Crippen LogP contribution >= 0.6 is 12.2 Å². The summed E-state index contributed by atoms with van der Waals surface area (Å²) in [4.78, 5) is 7.84.